The SMILES string of the molecule is Cc1c(C)n(Cc2ccc(Cl)c(O[C@@H](C)C(=O)O)c2)c2ccc(C(=O)N[C@@H](C)c3ccc(Br)cc3)cc12. The van der Waals surface area contributed by atoms with Gasteiger partial charge in [0.05, 0.1) is 11.1 Å². The van der Waals surface area contributed by atoms with Gasteiger partial charge in [-0.3, -0.25) is 4.79 Å². The molecule has 0 radical (unpaired) electrons. The molecule has 1 aromatic heterocycles. The molecule has 4 rings (SSSR count). The Balaban J connectivity index is 1.59. The van der Waals surface area contributed by atoms with Crippen molar-refractivity contribution < 1.29 is 19.4 Å². The first-order chi connectivity index (χ1) is 17.5. The number of aliphatic carboxylic acids is 1. The second kappa shape index (κ2) is 11.0. The number of nitrogens with one attached hydrogen (secondary N) is 1. The standard InChI is InChI=1S/C29H28BrClN2O4/c1-16-18(3)33(15-20-5-11-25(31)27(13-20)37-19(4)29(35)36)26-12-8-22(14-24(16)26)28(34)32-17(2)21-6-9-23(30)10-7-21/h5-14,17,19H,15H2,1-4H3,(H,32,34)(H,35,36)/t17-,19-/m0/s1. The van der Waals surface area contributed by atoms with Crippen LogP contribution in [0.15, 0.2) is 65.1 Å². The molecule has 0 bridgehead atoms. The van der Waals surface area contributed by atoms with E-state index in [-0.39, 0.29) is 11.9 Å². The molecule has 0 spiro atoms. The lowest BCUT2D eigenvalue weighted by Gasteiger charge is -2.15. The zero-order valence-corrected chi connectivity index (χ0v) is 23.4. The normalized spacial score (nSPS) is 12.8. The Morgan fingerprint density at radius 3 is 2.43 bits per heavy atom. The van der Waals surface area contributed by atoms with Gasteiger partial charge in [0.2, 0.25) is 0 Å². The molecular weight excluding hydrogens is 556 g/mol. The van der Waals surface area contributed by atoms with Gasteiger partial charge in [-0.25, -0.2) is 4.79 Å². The van der Waals surface area contributed by atoms with Crippen LogP contribution in [0.5, 0.6) is 5.75 Å². The van der Waals surface area contributed by atoms with Gasteiger partial charge in [0.1, 0.15) is 5.75 Å². The molecule has 0 saturated carbocycles. The fourth-order valence-electron chi connectivity index (χ4n) is 4.27. The number of carbonyl (C=O) groups is 2. The zero-order valence-electron chi connectivity index (χ0n) is 21.0. The van der Waals surface area contributed by atoms with Crippen molar-refractivity contribution in [2.45, 2.75) is 46.4 Å². The molecule has 2 atom stereocenters. The number of halogens is 2. The molecule has 8 heteroatoms. The Labute approximate surface area is 229 Å². The third kappa shape index (κ3) is 5.84. The van der Waals surface area contributed by atoms with E-state index in [4.69, 9.17) is 16.3 Å². The highest BCUT2D eigenvalue weighted by atomic mass is 79.9. The molecule has 4 aromatic rings. The van der Waals surface area contributed by atoms with Crippen LogP contribution in [0.4, 0.5) is 0 Å². The van der Waals surface area contributed by atoms with Crippen molar-refractivity contribution in [3.63, 3.8) is 0 Å². The summed E-state index contributed by atoms with van der Waals surface area (Å²) in [5, 5.41) is 13.6. The second-order valence-electron chi connectivity index (χ2n) is 9.14. The number of carbonyl (C=O) groups excluding carboxylic acids is 1. The topological polar surface area (TPSA) is 80.6 Å². The summed E-state index contributed by atoms with van der Waals surface area (Å²) in [6.07, 6.45) is -1.01. The van der Waals surface area contributed by atoms with Crippen LogP contribution in [0, 0.1) is 13.8 Å². The highest BCUT2D eigenvalue weighted by Crippen LogP contribution is 2.30. The van der Waals surface area contributed by atoms with E-state index in [1.807, 2.05) is 69.3 Å². The van der Waals surface area contributed by atoms with Crippen molar-refractivity contribution in [3.05, 3.63) is 98.1 Å². The summed E-state index contributed by atoms with van der Waals surface area (Å²) >= 11 is 9.68. The van der Waals surface area contributed by atoms with Crippen LogP contribution >= 0.6 is 27.5 Å². The first-order valence-corrected chi connectivity index (χ1v) is 13.1. The van der Waals surface area contributed by atoms with Crippen LogP contribution in [0.25, 0.3) is 10.9 Å². The quantitative estimate of drug-likeness (QED) is 0.233. The van der Waals surface area contributed by atoms with Crippen molar-refractivity contribution in [1.82, 2.24) is 9.88 Å². The Morgan fingerprint density at radius 2 is 1.76 bits per heavy atom. The summed E-state index contributed by atoms with van der Waals surface area (Å²) in [5.74, 6) is -0.858. The van der Waals surface area contributed by atoms with Crippen molar-refractivity contribution in [2.24, 2.45) is 0 Å². The molecule has 3 aromatic carbocycles. The van der Waals surface area contributed by atoms with Crippen LogP contribution in [-0.2, 0) is 11.3 Å². The van der Waals surface area contributed by atoms with Gasteiger partial charge in [-0.05, 0) is 86.8 Å². The van der Waals surface area contributed by atoms with Gasteiger partial charge < -0.3 is 19.7 Å². The largest absolute Gasteiger partial charge is 0.479 e. The molecule has 0 aliphatic carbocycles. The number of hydrogen-bond donors (Lipinski definition) is 2. The highest BCUT2D eigenvalue weighted by Gasteiger charge is 2.18. The molecule has 0 unspecified atom stereocenters. The highest BCUT2D eigenvalue weighted by molar-refractivity contribution is 9.10. The number of amides is 1. The zero-order chi connectivity index (χ0) is 26.9. The lowest BCUT2D eigenvalue weighted by molar-refractivity contribution is -0.144. The minimum Gasteiger partial charge on any atom is -0.479 e. The maximum absolute atomic E-state index is 13.0. The molecule has 6 nitrogen and oxygen atoms in total. The molecule has 0 fully saturated rings. The number of aromatic nitrogens is 1. The first kappa shape index (κ1) is 26.8. The fourth-order valence-corrected chi connectivity index (χ4v) is 4.70. The minimum atomic E-state index is -1.06. The van der Waals surface area contributed by atoms with E-state index in [0.29, 0.717) is 22.9 Å². The minimum absolute atomic E-state index is 0.130. The Morgan fingerprint density at radius 1 is 1.05 bits per heavy atom. The van der Waals surface area contributed by atoms with Gasteiger partial charge in [-0.1, -0.05) is 45.7 Å². The van der Waals surface area contributed by atoms with E-state index in [1.165, 1.54) is 6.92 Å². The van der Waals surface area contributed by atoms with Gasteiger partial charge in [0, 0.05) is 33.2 Å². The lowest BCUT2D eigenvalue weighted by Crippen LogP contribution is -2.26. The number of benzene rings is 3. The number of fused-ring (bicyclic) bond motifs is 1. The number of carboxylic acids is 1. The van der Waals surface area contributed by atoms with E-state index in [2.05, 4.69) is 25.8 Å². The average Bonchev–Trinajstić information content (AvgIpc) is 3.10. The van der Waals surface area contributed by atoms with Gasteiger partial charge >= 0.3 is 5.97 Å². The summed E-state index contributed by atoms with van der Waals surface area (Å²) in [4.78, 5) is 24.2. The molecule has 192 valence electrons. The summed E-state index contributed by atoms with van der Waals surface area (Å²) in [7, 11) is 0. The van der Waals surface area contributed by atoms with Crippen LogP contribution in [-0.4, -0.2) is 27.7 Å². The molecule has 0 aliphatic rings. The van der Waals surface area contributed by atoms with Gasteiger partial charge in [0.15, 0.2) is 6.10 Å². The molecule has 0 saturated heterocycles. The van der Waals surface area contributed by atoms with Crippen molar-refractivity contribution in [1.29, 1.82) is 0 Å². The maximum Gasteiger partial charge on any atom is 0.344 e. The number of rotatable bonds is 8. The molecule has 1 heterocycles. The molecular formula is C29H28BrClN2O4. The third-order valence-corrected chi connectivity index (χ3v) is 7.45. The summed E-state index contributed by atoms with van der Waals surface area (Å²) in [5.41, 5.74) is 5.72. The number of carboxylic acid groups (broad SMARTS) is 1. The van der Waals surface area contributed by atoms with Gasteiger partial charge in [0.25, 0.3) is 5.91 Å². The van der Waals surface area contributed by atoms with E-state index in [0.717, 1.165) is 37.8 Å². The maximum atomic E-state index is 13.0. The summed E-state index contributed by atoms with van der Waals surface area (Å²) in [6, 6.07) is 18.9. The van der Waals surface area contributed by atoms with E-state index >= 15 is 0 Å². The predicted molar refractivity (Wildman–Crippen MR) is 150 cm³/mol. The van der Waals surface area contributed by atoms with E-state index in [9.17, 15) is 14.7 Å². The number of ether oxygens (including phenoxy) is 1. The number of nitrogens with zero attached hydrogens (tertiary/aromatic N) is 1. The monoisotopic (exact) mass is 582 g/mol. The third-order valence-electron chi connectivity index (χ3n) is 6.61. The van der Waals surface area contributed by atoms with Gasteiger partial charge in [-0.15, -0.1) is 0 Å². The molecule has 2 N–H and O–H groups in total. The summed E-state index contributed by atoms with van der Waals surface area (Å²) < 4.78 is 8.70. The number of aryl methyl sites for hydroxylation is 1. The predicted octanol–water partition coefficient (Wildman–Crippen LogP) is 7.07. The fraction of sp³-hybridized carbons (Fsp3) is 0.241. The van der Waals surface area contributed by atoms with E-state index < -0.39 is 12.1 Å². The van der Waals surface area contributed by atoms with Gasteiger partial charge in [-0.2, -0.15) is 0 Å². The van der Waals surface area contributed by atoms with E-state index in [1.54, 1.807) is 12.1 Å². The van der Waals surface area contributed by atoms with Crippen LogP contribution < -0.4 is 10.1 Å². The first-order valence-electron chi connectivity index (χ1n) is 11.9. The lowest BCUT2D eigenvalue weighted by atomic mass is 10.1. The van der Waals surface area contributed by atoms with Crippen molar-refractivity contribution >= 4 is 50.3 Å². The van der Waals surface area contributed by atoms with Crippen LogP contribution in [0.3, 0.4) is 0 Å². The van der Waals surface area contributed by atoms with Crippen molar-refractivity contribution in [2.75, 3.05) is 0 Å². The number of hydrogen-bond acceptors (Lipinski definition) is 3. The van der Waals surface area contributed by atoms with Crippen molar-refractivity contribution in [3.8, 4) is 5.75 Å². The Kier molecular flexibility index (Phi) is 7.95. The molecule has 1 amide bonds. The smallest absolute Gasteiger partial charge is 0.344 e. The van der Waals surface area contributed by atoms with Crippen LogP contribution in [0.1, 0.15) is 52.6 Å². The Hall–Kier alpha value is -3.29. The average molecular weight is 584 g/mol. The Bertz CT molecular complexity index is 1480. The molecule has 37 heavy (non-hydrogen) atoms. The second-order valence-corrected chi connectivity index (χ2v) is 10.5. The summed E-state index contributed by atoms with van der Waals surface area (Å²) in [6.45, 7) is 8.06. The molecule has 0 aliphatic heterocycles. The van der Waals surface area contributed by atoms with Crippen LogP contribution in [0.2, 0.25) is 5.02 Å².